The van der Waals surface area contributed by atoms with E-state index in [0.717, 1.165) is 11.3 Å². The van der Waals surface area contributed by atoms with Gasteiger partial charge in [-0.3, -0.25) is 14.7 Å². The fourth-order valence-corrected chi connectivity index (χ4v) is 5.11. The Balaban J connectivity index is 1.58. The van der Waals surface area contributed by atoms with Crippen LogP contribution in [0.4, 0.5) is 0 Å². The second kappa shape index (κ2) is 11.3. The first-order chi connectivity index (χ1) is 16.8. The maximum absolute atomic E-state index is 11.5. The number of hydrogen-bond acceptors (Lipinski definition) is 6. The third-order valence-electron chi connectivity index (χ3n) is 5.11. The molecule has 1 heterocycles. The predicted molar refractivity (Wildman–Crippen MR) is 139 cm³/mol. The van der Waals surface area contributed by atoms with Gasteiger partial charge < -0.3 is 4.74 Å². The van der Waals surface area contributed by atoms with Crippen molar-refractivity contribution in [3.8, 4) is 11.4 Å². The van der Waals surface area contributed by atoms with Crippen LogP contribution < -0.4 is 4.74 Å². The Bertz CT molecular complexity index is 1350. The molecule has 35 heavy (non-hydrogen) atoms. The fourth-order valence-electron chi connectivity index (χ4n) is 3.39. The van der Waals surface area contributed by atoms with Crippen molar-refractivity contribution in [2.24, 2.45) is 0 Å². The summed E-state index contributed by atoms with van der Waals surface area (Å²) >= 11 is 19.9. The molecule has 0 aliphatic heterocycles. The van der Waals surface area contributed by atoms with Gasteiger partial charge in [-0.1, -0.05) is 70.8 Å². The lowest BCUT2D eigenvalue weighted by Crippen LogP contribution is -2.11. The lowest BCUT2D eigenvalue weighted by atomic mass is 10.1. The van der Waals surface area contributed by atoms with Crippen LogP contribution in [0, 0.1) is 17.0 Å². The van der Waals surface area contributed by atoms with Crippen LogP contribution >= 0.6 is 46.6 Å². The number of nitro groups is 1. The summed E-state index contributed by atoms with van der Waals surface area (Å²) < 4.78 is 7.66. The van der Waals surface area contributed by atoms with Crippen molar-refractivity contribution in [3.63, 3.8) is 0 Å². The summed E-state index contributed by atoms with van der Waals surface area (Å²) in [6.45, 7) is 1.73. The van der Waals surface area contributed by atoms with Gasteiger partial charge in [-0.05, 0) is 55.0 Å². The van der Waals surface area contributed by atoms with Crippen LogP contribution in [-0.2, 0) is 6.61 Å². The van der Waals surface area contributed by atoms with Crippen molar-refractivity contribution in [3.05, 3.63) is 109 Å². The molecule has 0 N–H and O–H groups in total. The smallest absolute Gasteiger partial charge is 0.220 e. The fraction of sp³-hybridized carbons (Fsp3) is 0.167. The quantitative estimate of drug-likeness (QED) is 0.124. The summed E-state index contributed by atoms with van der Waals surface area (Å²) in [6.07, 6.45) is 0. The van der Waals surface area contributed by atoms with E-state index in [1.165, 1.54) is 11.8 Å². The third-order valence-corrected chi connectivity index (χ3v) is 7.21. The topological polar surface area (TPSA) is 83.1 Å². The number of thioether (sulfide) groups is 1. The van der Waals surface area contributed by atoms with E-state index in [0.29, 0.717) is 37.4 Å². The van der Waals surface area contributed by atoms with E-state index in [1.807, 2.05) is 41.8 Å². The molecule has 7 nitrogen and oxygen atoms in total. The third kappa shape index (κ3) is 6.27. The number of benzene rings is 3. The highest BCUT2D eigenvalue weighted by Crippen LogP contribution is 2.39. The maximum atomic E-state index is 11.5. The minimum atomic E-state index is -0.560. The Hall–Kier alpha value is -2.78. The van der Waals surface area contributed by atoms with Gasteiger partial charge in [0.05, 0.1) is 5.02 Å². The van der Waals surface area contributed by atoms with E-state index in [1.54, 1.807) is 36.4 Å². The second-order valence-corrected chi connectivity index (χ2v) is 9.95. The molecule has 0 saturated heterocycles. The van der Waals surface area contributed by atoms with Crippen molar-refractivity contribution in [1.82, 2.24) is 14.8 Å². The summed E-state index contributed by atoms with van der Waals surface area (Å²) in [7, 11) is 0. The van der Waals surface area contributed by atoms with Gasteiger partial charge in [0, 0.05) is 26.2 Å². The molecule has 0 fully saturated rings. The van der Waals surface area contributed by atoms with Crippen molar-refractivity contribution >= 4 is 46.6 Å². The van der Waals surface area contributed by atoms with Crippen LogP contribution in [0.5, 0.6) is 5.75 Å². The molecule has 0 unspecified atom stereocenters. The predicted octanol–water partition coefficient (Wildman–Crippen LogP) is 7.23. The largest absolute Gasteiger partial charge is 0.487 e. The van der Waals surface area contributed by atoms with Crippen LogP contribution in [0.3, 0.4) is 0 Å². The van der Waals surface area contributed by atoms with Gasteiger partial charge in [0.1, 0.15) is 23.4 Å². The molecule has 3 aromatic carbocycles. The average molecular weight is 550 g/mol. The highest BCUT2D eigenvalue weighted by molar-refractivity contribution is 7.99. The zero-order chi connectivity index (χ0) is 24.9. The van der Waals surface area contributed by atoms with Crippen LogP contribution in [0.1, 0.15) is 22.2 Å². The van der Waals surface area contributed by atoms with E-state index in [9.17, 15) is 10.1 Å². The molecule has 0 radical (unpaired) electrons. The number of rotatable bonds is 9. The van der Waals surface area contributed by atoms with Crippen molar-refractivity contribution in [2.75, 3.05) is 6.54 Å². The first-order valence-corrected chi connectivity index (χ1v) is 12.4. The summed E-state index contributed by atoms with van der Waals surface area (Å²) in [4.78, 5) is 11.1. The number of nitrogens with zero attached hydrogens (tertiary/aromatic N) is 4. The summed E-state index contributed by atoms with van der Waals surface area (Å²) in [5, 5.41) is 21.4. The van der Waals surface area contributed by atoms with Gasteiger partial charge >= 0.3 is 0 Å². The number of ether oxygens (including phenoxy) is 1. The molecule has 1 aromatic heterocycles. The zero-order valence-electron chi connectivity index (χ0n) is 18.4. The van der Waals surface area contributed by atoms with Crippen LogP contribution in [0.2, 0.25) is 15.1 Å². The SMILES string of the molecule is Cc1nnc(S[C@@H](C[N+](=O)[O-])c2ccc(OCc3ccccc3Cl)c(Cl)c2)n1-c1ccc(Cl)cc1. The standard InChI is InChI=1S/C24H19Cl3N4O3S/c1-15-28-29-24(31(15)19-9-7-18(25)8-10-19)35-23(13-30(32)33)16-6-11-22(21(27)12-16)34-14-17-4-2-3-5-20(17)26/h2-12,23H,13-14H2,1H3/t23-/m0/s1. The summed E-state index contributed by atoms with van der Waals surface area (Å²) in [5.41, 5.74) is 2.30. The molecule has 0 aliphatic carbocycles. The van der Waals surface area contributed by atoms with Gasteiger partial charge in [0.15, 0.2) is 5.16 Å². The second-order valence-electron chi connectivity index (χ2n) is 7.53. The van der Waals surface area contributed by atoms with E-state index in [2.05, 4.69) is 10.2 Å². The van der Waals surface area contributed by atoms with Gasteiger partial charge in [-0.2, -0.15) is 0 Å². The first-order valence-electron chi connectivity index (χ1n) is 10.4. The first kappa shape index (κ1) is 25.3. The molecule has 1 atom stereocenters. The molecule has 11 heteroatoms. The minimum absolute atomic E-state index is 0.245. The van der Waals surface area contributed by atoms with E-state index < -0.39 is 5.25 Å². The van der Waals surface area contributed by atoms with Gasteiger partial charge in [0.25, 0.3) is 0 Å². The average Bonchev–Trinajstić information content (AvgIpc) is 3.19. The molecule has 4 aromatic rings. The van der Waals surface area contributed by atoms with Crippen LogP contribution in [0.15, 0.2) is 71.9 Å². The van der Waals surface area contributed by atoms with E-state index in [-0.39, 0.29) is 18.1 Å². The Morgan fingerprint density at radius 1 is 1.03 bits per heavy atom. The molecule has 0 aliphatic rings. The zero-order valence-corrected chi connectivity index (χ0v) is 21.5. The molecule has 0 bridgehead atoms. The molecule has 0 saturated carbocycles. The number of aromatic nitrogens is 3. The van der Waals surface area contributed by atoms with Crippen molar-refractivity contribution in [1.29, 1.82) is 0 Å². The Morgan fingerprint density at radius 2 is 1.77 bits per heavy atom. The van der Waals surface area contributed by atoms with Gasteiger partial charge in [-0.15, -0.1) is 10.2 Å². The number of hydrogen-bond donors (Lipinski definition) is 0. The normalized spacial score (nSPS) is 11.9. The number of halogens is 3. The molecule has 180 valence electrons. The lowest BCUT2D eigenvalue weighted by molar-refractivity contribution is -0.479. The van der Waals surface area contributed by atoms with E-state index >= 15 is 0 Å². The minimum Gasteiger partial charge on any atom is -0.487 e. The molecular formula is C24H19Cl3N4O3S. The molecule has 0 spiro atoms. The van der Waals surface area contributed by atoms with Crippen molar-refractivity contribution < 1.29 is 9.66 Å². The molecule has 0 amide bonds. The van der Waals surface area contributed by atoms with Gasteiger partial charge in [-0.25, -0.2) is 0 Å². The van der Waals surface area contributed by atoms with E-state index in [4.69, 9.17) is 39.5 Å². The van der Waals surface area contributed by atoms with Crippen LogP contribution in [0.25, 0.3) is 5.69 Å². The molecular weight excluding hydrogens is 531 g/mol. The highest BCUT2D eigenvalue weighted by Gasteiger charge is 2.24. The summed E-state index contributed by atoms with van der Waals surface area (Å²) in [6, 6.07) is 19.7. The highest BCUT2D eigenvalue weighted by atomic mass is 35.5. The number of aryl methyl sites for hydroxylation is 1. The Morgan fingerprint density at radius 3 is 2.46 bits per heavy atom. The monoisotopic (exact) mass is 548 g/mol. The van der Waals surface area contributed by atoms with Crippen LogP contribution in [-0.4, -0.2) is 26.2 Å². The van der Waals surface area contributed by atoms with Crippen molar-refractivity contribution in [2.45, 2.75) is 23.9 Å². The maximum Gasteiger partial charge on any atom is 0.220 e. The molecule has 4 rings (SSSR count). The lowest BCUT2D eigenvalue weighted by Gasteiger charge is -2.16. The Kier molecular flexibility index (Phi) is 8.18. The van der Waals surface area contributed by atoms with Gasteiger partial charge in [0.2, 0.25) is 6.54 Å². The Labute approximate surface area is 221 Å². The summed E-state index contributed by atoms with van der Waals surface area (Å²) in [5.74, 6) is 1.11.